The van der Waals surface area contributed by atoms with E-state index in [1.807, 2.05) is 182 Å². The molecule has 2 saturated heterocycles. The van der Waals surface area contributed by atoms with Gasteiger partial charge in [-0.3, -0.25) is 0 Å². The van der Waals surface area contributed by atoms with Crippen molar-refractivity contribution in [2.75, 3.05) is 13.2 Å². The second-order valence-corrected chi connectivity index (χ2v) is 15.7. The summed E-state index contributed by atoms with van der Waals surface area (Å²) < 4.78 is 59.4. The van der Waals surface area contributed by atoms with Crippen LogP contribution in [-0.4, -0.2) is 73.6 Å². The summed E-state index contributed by atoms with van der Waals surface area (Å²) in [7, 11) is 0. The van der Waals surface area contributed by atoms with Gasteiger partial charge < -0.3 is 47.7 Å². The van der Waals surface area contributed by atoms with Gasteiger partial charge in [0.15, 0.2) is 12.6 Å². The minimum Gasteiger partial charge on any atom is -0.374 e. The highest BCUT2D eigenvalue weighted by atomic mass is 16.7. The quantitative estimate of drug-likeness (QED) is 0.0715. The van der Waals surface area contributed by atoms with Gasteiger partial charge in [0, 0.05) is 0 Å². The highest BCUT2D eigenvalue weighted by Gasteiger charge is 2.51. The number of rotatable bonds is 22. The van der Waals surface area contributed by atoms with E-state index in [1.165, 1.54) is 0 Å². The molecule has 0 radical (unpaired) electrons. The minimum atomic E-state index is -1.37. The van der Waals surface area contributed by atoms with Crippen molar-refractivity contribution >= 4 is 0 Å². The van der Waals surface area contributed by atoms with E-state index >= 15 is 0 Å². The summed E-state index contributed by atoms with van der Waals surface area (Å²) in [6.45, 7) is 1.99. The van der Waals surface area contributed by atoms with Gasteiger partial charge in [-0.1, -0.05) is 182 Å². The van der Waals surface area contributed by atoms with Crippen molar-refractivity contribution in [3.63, 3.8) is 0 Å². The van der Waals surface area contributed by atoms with Crippen LogP contribution >= 0.6 is 0 Å². The molecule has 9 atom stereocenters. The first-order valence-electron chi connectivity index (χ1n) is 21.7. The van der Waals surface area contributed by atoms with Crippen molar-refractivity contribution in [1.82, 2.24) is 0 Å². The van der Waals surface area contributed by atoms with Crippen molar-refractivity contribution < 1.29 is 47.7 Å². The fraction of sp³-hybridized carbons (Fsp3) is 0.321. The normalized spacial score (nSPS) is 24.6. The third kappa shape index (κ3) is 13.0. The van der Waals surface area contributed by atoms with Crippen LogP contribution in [0.4, 0.5) is 0 Å². The van der Waals surface area contributed by atoms with Crippen LogP contribution in [0.2, 0.25) is 0 Å². The number of hydrogen-bond acceptors (Lipinski definition) is 10. The van der Waals surface area contributed by atoms with Gasteiger partial charge in [-0.2, -0.15) is 0 Å². The second kappa shape index (κ2) is 23.6. The molecule has 0 amide bonds. The summed E-state index contributed by atoms with van der Waals surface area (Å²) in [6, 6.07) is 59.6. The standard InChI is InChI=1S/C53H56O10/c54-52-50(59-35-43-27-15-5-16-28-43)49(58-34-42-25-13-4-14-26-42)47(56-32-40-21-9-2-10-22-40)46(62-52)38-61-53-51(60-36-44-29-17-6-18-30-44)48(57-33-41-23-11-3-12-24-41)45(63-53)37-55-31-39-19-7-1-8-20-39/h1-30,45-54H,31-38H2/t45-,46-,47-,48-,49+,50-,51-,52-,53+/m1/s1. The molecule has 10 nitrogen and oxygen atoms in total. The molecule has 0 unspecified atom stereocenters. The molecule has 0 bridgehead atoms. The average Bonchev–Trinajstić information content (AvgIpc) is 3.67. The van der Waals surface area contributed by atoms with E-state index in [-0.39, 0.29) is 33.0 Å². The predicted octanol–water partition coefficient (Wildman–Crippen LogP) is 8.59. The third-order valence-corrected chi connectivity index (χ3v) is 11.1. The lowest BCUT2D eigenvalue weighted by molar-refractivity contribution is -0.323. The van der Waals surface area contributed by atoms with Gasteiger partial charge in [0.2, 0.25) is 0 Å². The third-order valence-electron chi connectivity index (χ3n) is 11.1. The predicted molar refractivity (Wildman–Crippen MR) is 237 cm³/mol. The smallest absolute Gasteiger partial charge is 0.187 e. The molecule has 2 aliphatic rings. The van der Waals surface area contributed by atoms with Crippen LogP contribution in [0.3, 0.4) is 0 Å². The topological polar surface area (TPSA) is 103 Å². The van der Waals surface area contributed by atoms with Gasteiger partial charge in [-0.05, 0) is 33.4 Å². The number of benzene rings is 6. The number of aliphatic hydroxyl groups excluding tert-OH is 1. The summed E-state index contributed by atoms with van der Waals surface area (Å²) in [6.07, 6.45) is -7.22. The maximum Gasteiger partial charge on any atom is 0.187 e. The van der Waals surface area contributed by atoms with Crippen LogP contribution in [0.25, 0.3) is 0 Å². The first-order chi connectivity index (χ1) is 31.2. The molecule has 0 spiro atoms. The van der Waals surface area contributed by atoms with Gasteiger partial charge in [0.05, 0.1) is 52.9 Å². The van der Waals surface area contributed by atoms with Crippen LogP contribution in [0.1, 0.15) is 33.4 Å². The zero-order valence-corrected chi connectivity index (χ0v) is 35.3. The van der Waals surface area contributed by atoms with Crippen molar-refractivity contribution in [3.8, 4) is 0 Å². The van der Waals surface area contributed by atoms with Crippen LogP contribution < -0.4 is 0 Å². The van der Waals surface area contributed by atoms with Gasteiger partial charge in [0.1, 0.15) is 42.7 Å². The van der Waals surface area contributed by atoms with Gasteiger partial charge >= 0.3 is 0 Å². The van der Waals surface area contributed by atoms with E-state index in [0.29, 0.717) is 19.8 Å². The van der Waals surface area contributed by atoms with Crippen molar-refractivity contribution in [3.05, 3.63) is 215 Å². The summed E-state index contributed by atoms with van der Waals surface area (Å²) in [5.41, 5.74) is 5.94. The molecule has 0 aliphatic carbocycles. The fourth-order valence-corrected chi connectivity index (χ4v) is 7.83. The van der Waals surface area contributed by atoms with Gasteiger partial charge in [-0.25, -0.2) is 0 Å². The van der Waals surface area contributed by atoms with E-state index in [2.05, 4.69) is 0 Å². The molecule has 2 aliphatic heterocycles. The Morgan fingerprint density at radius 1 is 0.317 bits per heavy atom. The summed E-state index contributed by atoms with van der Waals surface area (Å²) in [5, 5.41) is 11.8. The fourth-order valence-electron chi connectivity index (χ4n) is 7.83. The average molecular weight is 853 g/mol. The van der Waals surface area contributed by atoms with E-state index in [9.17, 15) is 5.11 Å². The van der Waals surface area contributed by atoms with Gasteiger partial charge in [0.25, 0.3) is 0 Å². The lowest BCUT2D eigenvalue weighted by Gasteiger charge is -2.44. The van der Waals surface area contributed by atoms with Crippen LogP contribution in [0.5, 0.6) is 0 Å². The number of ether oxygens (including phenoxy) is 9. The Morgan fingerprint density at radius 2 is 0.635 bits per heavy atom. The maximum atomic E-state index is 11.8. The molecule has 328 valence electrons. The van der Waals surface area contributed by atoms with Crippen molar-refractivity contribution in [2.45, 2.75) is 94.9 Å². The molecular formula is C53H56O10. The minimum absolute atomic E-state index is 0.0357. The summed E-state index contributed by atoms with van der Waals surface area (Å²) in [5.74, 6) is 0. The zero-order valence-electron chi connectivity index (χ0n) is 35.3. The number of hydrogen-bond donors (Lipinski definition) is 1. The van der Waals surface area contributed by atoms with E-state index in [4.69, 9.17) is 42.6 Å². The van der Waals surface area contributed by atoms with Crippen molar-refractivity contribution in [2.24, 2.45) is 0 Å². The molecule has 6 aromatic rings. The van der Waals surface area contributed by atoms with Crippen LogP contribution in [0, 0.1) is 0 Å². The molecule has 0 saturated carbocycles. The monoisotopic (exact) mass is 852 g/mol. The lowest BCUT2D eigenvalue weighted by Crippen LogP contribution is -2.61. The van der Waals surface area contributed by atoms with Crippen LogP contribution in [0.15, 0.2) is 182 Å². The summed E-state index contributed by atoms with van der Waals surface area (Å²) >= 11 is 0. The Labute approximate surface area is 370 Å². The highest BCUT2D eigenvalue weighted by Crippen LogP contribution is 2.33. The largest absolute Gasteiger partial charge is 0.374 e. The Bertz CT molecular complexity index is 2150. The SMILES string of the molecule is O[C@@H]1O[C@H](CO[C@H]2O[C@H](COCc3ccccc3)[C@@H](OCc3ccccc3)[C@H]2OCc2ccccc2)[C@@H](OCc2ccccc2)[C@H](OCc2ccccc2)[C@H]1OCc1ccccc1. The van der Waals surface area contributed by atoms with E-state index < -0.39 is 55.3 Å². The first-order valence-corrected chi connectivity index (χ1v) is 21.7. The first kappa shape index (κ1) is 44.5. The lowest BCUT2D eigenvalue weighted by atomic mass is 9.98. The van der Waals surface area contributed by atoms with E-state index in [0.717, 1.165) is 33.4 Å². The summed E-state index contributed by atoms with van der Waals surface area (Å²) in [4.78, 5) is 0. The molecule has 2 fully saturated rings. The second-order valence-electron chi connectivity index (χ2n) is 15.7. The molecule has 1 N–H and O–H groups in total. The Balaban J connectivity index is 1.05. The van der Waals surface area contributed by atoms with Crippen molar-refractivity contribution in [1.29, 1.82) is 0 Å². The van der Waals surface area contributed by atoms with E-state index in [1.54, 1.807) is 0 Å². The highest BCUT2D eigenvalue weighted by molar-refractivity contribution is 5.18. The molecule has 2 heterocycles. The zero-order chi connectivity index (χ0) is 42.9. The Hall–Kier alpha value is -5.08. The van der Waals surface area contributed by atoms with Gasteiger partial charge in [-0.15, -0.1) is 0 Å². The molecular weight excluding hydrogens is 797 g/mol. The Kier molecular flexibility index (Phi) is 16.7. The molecule has 10 heteroatoms. The molecule has 0 aromatic heterocycles. The molecule has 6 aromatic carbocycles. The number of aliphatic hydroxyl groups is 1. The maximum absolute atomic E-state index is 11.8. The molecule has 8 rings (SSSR count). The Morgan fingerprint density at radius 3 is 1.05 bits per heavy atom. The molecule has 63 heavy (non-hydrogen) atoms. The van der Waals surface area contributed by atoms with Crippen LogP contribution in [-0.2, 0) is 82.3 Å².